The fourth-order valence-corrected chi connectivity index (χ4v) is 3.47. The number of hydrogen-bond donors (Lipinski definition) is 1. The Morgan fingerprint density at radius 1 is 1.08 bits per heavy atom. The monoisotopic (exact) mass is 317 g/mol. The highest BCUT2D eigenvalue weighted by molar-refractivity contribution is 5.96. The molecule has 4 rings (SSSR count). The first kappa shape index (κ1) is 14.7. The van der Waals surface area contributed by atoms with Gasteiger partial charge in [0.25, 0.3) is 0 Å². The van der Waals surface area contributed by atoms with E-state index in [1.807, 2.05) is 42.1 Å². The Bertz CT molecular complexity index is 852. The zero-order valence-electron chi connectivity index (χ0n) is 13.6. The second-order valence-electron chi connectivity index (χ2n) is 6.10. The van der Waals surface area contributed by atoms with E-state index in [-0.39, 0.29) is 11.8 Å². The van der Waals surface area contributed by atoms with Gasteiger partial charge in [-0.1, -0.05) is 48.5 Å². The average Bonchev–Trinajstić information content (AvgIpc) is 3.16. The number of benzene rings is 2. The van der Waals surface area contributed by atoms with Crippen molar-refractivity contribution in [1.82, 2.24) is 14.9 Å². The molecule has 0 radical (unpaired) electrons. The van der Waals surface area contributed by atoms with Crippen LogP contribution in [0.5, 0.6) is 0 Å². The fourth-order valence-electron chi connectivity index (χ4n) is 3.47. The molecule has 1 aliphatic rings. The molecule has 4 nitrogen and oxygen atoms in total. The summed E-state index contributed by atoms with van der Waals surface area (Å²) < 4.78 is 1.98. The van der Waals surface area contributed by atoms with Crippen molar-refractivity contribution in [2.24, 2.45) is 7.05 Å². The number of aromatic nitrogens is 2. The molecular formula is C20H19N3O. The topological polar surface area (TPSA) is 46.9 Å². The van der Waals surface area contributed by atoms with E-state index in [1.54, 1.807) is 6.20 Å². The lowest BCUT2D eigenvalue weighted by molar-refractivity contribution is -0.121. The lowest BCUT2D eigenvalue weighted by atomic mass is 9.96. The van der Waals surface area contributed by atoms with Crippen LogP contribution in [0.15, 0.2) is 60.9 Å². The van der Waals surface area contributed by atoms with Gasteiger partial charge in [0.2, 0.25) is 5.91 Å². The molecule has 0 bridgehead atoms. The summed E-state index contributed by atoms with van der Waals surface area (Å²) in [6, 6.07) is 16.3. The normalized spacial score (nSPS) is 12.7. The Labute approximate surface area is 141 Å². The van der Waals surface area contributed by atoms with Gasteiger partial charge in [0.1, 0.15) is 5.82 Å². The summed E-state index contributed by atoms with van der Waals surface area (Å²) in [7, 11) is 1.97. The Morgan fingerprint density at radius 3 is 2.29 bits per heavy atom. The Balaban J connectivity index is 1.55. The van der Waals surface area contributed by atoms with Crippen molar-refractivity contribution in [3.8, 4) is 11.1 Å². The zero-order chi connectivity index (χ0) is 16.5. The van der Waals surface area contributed by atoms with Gasteiger partial charge < -0.3 is 9.88 Å². The Morgan fingerprint density at radius 2 is 1.71 bits per heavy atom. The minimum atomic E-state index is -0.223. The van der Waals surface area contributed by atoms with Gasteiger partial charge in [-0.2, -0.15) is 0 Å². The molecule has 2 aromatic carbocycles. The molecule has 0 saturated heterocycles. The summed E-state index contributed by atoms with van der Waals surface area (Å²) in [5, 5.41) is 3.08. The second kappa shape index (κ2) is 5.96. The van der Waals surface area contributed by atoms with E-state index < -0.39 is 0 Å². The number of nitrogens with one attached hydrogen (secondary N) is 1. The van der Waals surface area contributed by atoms with Crippen molar-refractivity contribution in [2.45, 2.75) is 12.3 Å². The predicted molar refractivity (Wildman–Crippen MR) is 93.6 cm³/mol. The van der Waals surface area contributed by atoms with Crippen molar-refractivity contribution in [2.75, 3.05) is 6.54 Å². The molecule has 1 aromatic heterocycles. The predicted octanol–water partition coefficient (Wildman–Crippen LogP) is 2.89. The van der Waals surface area contributed by atoms with Crippen molar-refractivity contribution in [3.63, 3.8) is 0 Å². The number of imidazole rings is 1. The molecule has 3 aromatic rings. The van der Waals surface area contributed by atoms with Crippen LogP contribution in [0.3, 0.4) is 0 Å². The van der Waals surface area contributed by atoms with Crippen LogP contribution in [0.25, 0.3) is 11.1 Å². The van der Waals surface area contributed by atoms with E-state index in [9.17, 15) is 4.79 Å². The van der Waals surface area contributed by atoms with E-state index in [0.717, 1.165) is 34.5 Å². The summed E-state index contributed by atoms with van der Waals surface area (Å²) in [5.74, 6) is 0.808. The quantitative estimate of drug-likeness (QED) is 0.804. The minimum absolute atomic E-state index is 0.0570. The van der Waals surface area contributed by atoms with Crippen LogP contribution in [-0.2, 0) is 18.3 Å². The number of carbonyl (C=O) groups excluding carboxylic acids is 1. The summed E-state index contributed by atoms with van der Waals surface area (Å²) in [4.78, 5) is 17.1. The molecule has 1 N–H and O–H groups in total. The van der Waals surface area contributed by atoms with Gasteiger partial charge in [-0.25, -0.2) is 4.98 Å². The summed E-state index contributed by atoms with van der Waals surface area (Å²) >= 11 is 0. The summed E-state index contributed by atoms with van der Waals surface area (Å²) in [5.41, 5.74) is 4.51. The molecule has 1 heterocycles. The first-order chi connectivity index (χ1) is 11.8. The average molecular weight is 317 g/mol. The van der Waals surface area contributed by atoms with E-state index in [2.05, 4.69) is 34.6 Å². The molecule has 0 aliphatic heterocycles. The zero-order valence-corrected chi connectivity index (χ0v) is 13.6. The Hall–Kier alpha value is -2.88. The summed E-state index contributed by atoms with van der Waals surface area (Å²) in [6.07, 6.45) is 4.42. The van der Waals surface area contributed by atoms with Crippen LogP contribution in [0.2, 0.25) is 0 Å². The third-order valence-corrected chi connectivity index (χ3v) is 4.66. The first-order valence-corrected chi connectivity index (χ1v) is 8.18. The fraction of sp³-hybridized carbons (Fsp3) is 0.200. The molecule has 120 valence electrons. The number of hydrogen-bond acceptors (Lipinski definition) is 2. The van der Waals surface area contributed by atoms with Gasteiger partial charge in [0.05, 0.1) is 5.92 Å². The number of rotatable bonds is 4. The molecule has 0 saturated carbocycles. The molecule has 24 heavy (non-hydrogen) atoms. The van der Waals surface area contributed by atoms with Crippen molar-refractivity contribution in [3.05, 3.63) is 77.9 Å². The van der Waals surface area contributed by atoms with Crippen LogP contribution in [0.4, 0.5) is 0 Å². The molecule has 1 amide bonds. The van der Waals surface area contributed by atoms with E-state index in [0.29, 0.717) is 6.54 Å². The van der Waals surface area contributed by atoms with Crippen LogP contribution >= 0.6 is 0 Å². The van der Waals surface area contributed by atoms with Gasteiger partial charge in [-0.15, -0.1) is 0 Å². The highest BCUT2D eigenvalue weighted by atomic mass is 16.1. The molecule has 4 heteroatoms. The number of fused-ring (bicyclic) bond motifs is 3. The SMILES string of the molecule is Cn1ccnc1CCNC(=O)C1c2ccccc2-c2ccccc21. The van der Waals surface area contributed by atoms with E-state index in [4.69, 9.17) is 0 Å². The molecule has 1 aliphatic carbocycles. The van der Waals surface area contributed by atoms with E-state index in [1.165, 1.54) is 0 Å². The second-order valence-corrected chi connectivity index (χ2v) is 6.10. The third kappa shape index (κ3) is 2.40. The largest absolute Gasteiger partial charge is 0.355 e. The lowest BCUT2D eigenvalue weighted by Crippen LogP contribution is -2.31. The maximum Gasteiger partial charge on any atom is 0.232 e. The minimum Gasteiger partial charge on any atom is -0.355 e. The van der Waals surface area contributed by atoms with Gasteiger partial charge in [0, 0.05) is 32.4 Å². The number of nitrogens with zero attached hydrogens (tertiary/aromatic N) is 2. The Kier molecular flexibility index (Phi) is 3.65. The van der Waals surface area contributed by atoms with Crippen molar-refractivity contribution < 1.29 is 4.79 Å². The number of amides is 1. The maximum absolute atomic E-state index is 12.8. The third-order valence-electron chi connectivity index (χ3n) is 4.66. The highest BCUT2D eigenvalue weighted by Crippen LogP contribution is 2.44. The van der Waals surface area contributed by atoms with Crippen molar-refractivity contribution >= 4 is 5.91 Å². The van der Waals surface area contributed by atoms with Crippen molar-refractivity contribution in [1.29, 1.82) is 0 Å². The molecule has 0 atom stereocenters. The number of carbonyl (C=O) groups is 1. The van der Waals surface area contributed by atoms with Crippen LogP contribution in [0.1, 0.15) is 22.9 Å². The molecule has 0 unspecified atom stereocenters. The van der Waals surface area contributed by atoms with Crippen LogP contribution in [-0.4, -0.2) is 22.0 Å². The number of aryl methyl sites for hydroxylation is 1. The standard InChI is InChI=1S/C20H19N3O/c1-23-13-12-21-18(23)10-11-22-20(24)19-16-8-4-2-6-14(16)15-7-3-5-9-17(15)19/h2-9,12-13,19H,10-11H2,1H3,(H,22,24). The molecule has 0 spiro atoms. The van der Waals surface area contributed by atoms with Gasteiger partial charge in [-0.05, 0) is 22.3 Å². The van der Waals surface area contributed by atoms with Crippen LogP contribution in [0, 0.1) is 0 Å². The van der Waals surface area contributed by atoms with Gasteiger partial charge in [-0.3, -0.25) is 4.79 Å². The lowest BCUT2D eigenvalue weighted by Gasteiger charge is -2.14. The van der Waals surface area contributed by atoms with Crippen LogP contribution < -0.4 is 5.32 Å². The van der Waals surface area contributed by atoms with Gasteiger partial charge in [0.15, 0.2) is 0 Å². The maximum atomic E-state index is 12.8. The highest BCUT2D eigenvalue weighted by Gasteiger charge is 2.32. The van der Waals surface area contributed by atoms with Gasteiger partial charge >= 0.3 is 0 Å². The molecular weight excluding hydrogens is 298 g/mol. The summed E-state index contributed by atoms with van der Waals surface area (Å²) in [6.45, 7) is 0.588. The molecule has 0 fully saturated rings. The smallest absolute Gasteiger partial charge is 0.232 e. The first-order valence-electron chi connectivity index (χ1n) is 8.18. The van der Waals surface area contributed by atoms with E-state index >= 15 is 0 Å².